The number of sulfonamides is 1. The van der Waals surface area contributed by atoms with Gasteiger partial charge in [0, 0.05) is 70.1 Å². The molecule has 4 saturated heterocycles. The highest BCUT2D eigenvalue weighted by atomic mass is 32.2. The average Bonchev–Trinajstić information content (AvgIpc) is 4.07. The highest BCUT2D eigenvalue weighted by Crippen LogP contribution is 2.40. The van der Waals surface area contributed by atoms with Gasteiger partial charge < -0.3 is 35.5 Å². The lowest BCUT2D eigenvalue weighted by molar-refractivity contribution is -0.151. The van der Waals surface area contributed by atoms with Crippen LogP contribution in [0.5, 0.6) is 0 Å². The first-order valence-corrected chi connectivity index (χ1v) is 28.1. The molecule has 22 heteroatoms. The lowest BCUT2D eigenvalue weighted by Crippen LogP contribution is -2.54. The first-order chi connectivity index (χ1) is 32.7. The lowest BCUT2D eigenvalue weighted by atomic mass is 9.78. The van der Waals surface area contributed by atoms with E-state index in [1.54, 1.807) is 11.8 Å². The summed E-state index contributed by atoms with van der Waals surface area (Å²) in [5, 5.41) is 18.2. The maximum atomic E-state index is 13.6. The molecule has 0 aromatic rings. The van der Waals surface area contributed by atoms with E-state index in [0.29, 0.717) is 70.6 Å². The Balaban J connectivity index is 0.732. The number of carbonyl (C=O) groups excluding carboxylic acids is 7. The van der Waals surface area contributed by atoms with E-state index in [0.717, 1.165) is 49.0 Å². The van der Waals surface area contributed by atoms with Crippen molar-refractivity contribution in [3.05, 3.63) is 0 Å². The van der Waals surface area contributed by atoms with Crippen LogP contribution in [0, 0.1) is 23.7 Å². The van der Waals surface area contributed by atoms with Crippen LogP contribution in [0.4, 0.5) is 0 Å². The number of carbonyl (C=O) groups is 7. The second-order valence-corrected chi connectivity index (χ2v) is 22.9. The van der Waals surface area contributed by atoms with Crippen molar-refractivity contribution in [1.29, 1.82) is 0 Å². The van der Waals surface area contributed by atoms with Crippen molar-refractivity contribution in [2.75, 3.05) is 64.6 Å². The summed E-state index contributed by atoms with van der Waals surface area (Å²) in [5.41, 5.74) is -0.260. The maximum Gasteiger partial charge on any atom is 0.249 e. The maximum absolute atomic E-state index is 13.6. The Hall–Kier alpha value is -3.25. The molecular weight excluding hydrogens is 921 g/mol. The van der Waals surface area contributed by atoms with Gasteiger partial charge in [-0.2, -0.15) is 0 Å². The second-order valence-electron chi connectivity index (χ2n) is 19.8. The van der Waals surface area contributed by atoms with Gasteiger partial charge in [-0.15, -0.1) is 11.8 Å². The SMILES string of the molecule is CS(=O)(=O)N1CCC(C(=O)N[C@@H](CCOCCCC(=O)NCCOC2CCCC(OCCNC3CCC4C(=O)N(C5CCC(=O)NC5=O)C(=O)C4C3)C2)C(=O)NC2NC(C3CCCCC3)CS2)C1. The van der Waals surface area contributed by atoms with Gasteiger partial charge in [0.2, 0.25) is 51.4 Å². The fourth-order valence-electron chi connectivity index (χ4n) is 11.1. The van der Waals surface area contributed by atoms with E-state index in [1.165, 1.54) is 36.4 Å². The van der Waals surface area contributed by atoms with Crippen molar-refractivity contribution in [2.24, 2.45) is 23.7 Å². The third-order valence-electron chi connectivity index (χ3n) is 14.9. The number of piperidine rings is 1. The normalized spacial score (nSPS) is 31.1. The number of nitrogens with one attached hydrogen (secondary N) is 6. The van der Waals surface area contributed by atoms with Gasteiger partial charge in [-0.25, -0.2) is 12.7 Å². The van der Waals surface area contributed by atoms with Gasteiger partial charge in [-0.3, -0.25) is 49.1 Å². The molecule has 4 heterocycles. The molecule has 7 amide bonds. The molecule has 10 atom stereocenters. The molecule has 9 unspecified atom stereocenters. The number of rotatable bonds is 23. The Bertz CT molecular complexity index is 1910. The first kappa shape index (κ1) is 52.6. The Morgan fingerprint density at radius 2 is 1.59 bits per heavy atom. The van der Waals surface area contributed by atoms with E-state index >= 15 is 0 Å². The number of amides is 7. The highest BCUT2D eigenvalue weighted by Gasteiger charge is 2.54. The molecule has 7 rings (SSSR count). The van der Waals surface area contributed by atoms with E-state index in [4.69, 9.17) is 14.2 Å². The Kier molecular flexibility index (Phi) is 19.5. The molecule has 0 aromatic heterocycles. The van der Waals surface area contributed by atoms with Gasteiger partial charge in [0.1, 0.15) is 17.6 Å². The summed E-state index contributed by atoms with van der Waals surface area (Å²) < 4.78 is 43.5. The van der Waals surface area contributed by atoms with Crippen molar-refractivity contribution in [2.45, 2.75) is 157 Å². The molecule has 0 radical (unpaired) electrons. The van der Waals surface area contributed by atoms with Gasteiger partial charge in [0.15, 0.2) is 0 Å². The molecule has 7 fully saturated rings. The van der Waals surface area contributed by atoms with Crippen LogP contribution in [-0.2, 0) is 57.8 Å². The van der Waals surface area contributed by atoms with Gasteiger partial charge in [-0.1, -0.05) is 19.3 Å². The average molecular weight is 995 g/mol. The molecular formula is C46H74N8O12S2. The Morgan fingerprint density at radius 1 is 0.838 bits per heavy atom. The first-order valence-electron chi connectivity index (χ1n) is 25.2. The molecule has 20 nitrogen and oxygen atoms in total. The second kappa shape index (κ2) is 25.2. The summed E-state index contributed by atoms with van der Waals surface area (Å²) in [7, 11) is -3.42. The van der Waals surface area contributed by atoms with Crippen LogP contribution in [0.25, 0.3) is 0 Å². The summed E-state index contributed by atoms with van der Waals surface area (Å²) >= 11 is 1.66. The number of imide groups is 2. The smallest absolute Gasteiger partial charge is 0.249 e. The molecule has 0 bridgehead atoms. The minimum atomic E-state index is -3.42. The van der Waals surface area contributed by atoms with Crippen molar-refractivity contribution >= 4 is 63.1 Å². The number of hydrogen-bond acceptors (Lipinski definition) is 15. The summed E-state index contributed by atoms with van der Waals surface area (Å²) in [6, 6.07) is -1.38. The van der Waals surface area contributed by atoms with E-state index in [1.807, 2.05) is 0 Å². The summed E-state index contributed by atoms with van der Waals surface area (Å²) in [6.07, 6.45) is 14.4. The van der Waals surface area contributed by atoms with E-state index in [9.17, 15) is 42.0 Å². The van der Waals surface area contributed by atoms with Gasteiger partial charge in [0.25, 0.3) is 0 Å². The molecule has 68 heavy (non-hydrogen) atoms. The lowest BCUT2D eigenvalue weighted by Gasteiger charge is -2.31. The topological polar surface area (TPSA) is 260 Å². The number of ether oxygens (including phenoxy) is 3. The molecule has 3 aliphatic carbocycles. The number of likely N-dealkylation sites (tertiary alicyclic amines) is 1. The number of hydrogen-bond donors (Lipinski definition) is 6. The molecule has 7 aliphatic rings. The molecule has 4 aliphatic heterocycles. The van der Waals surface area contributed by atoms with Crippen LogP contribution in [0.15, 0.2) is 0 Å². The van der Waals surface area contributed by atoms with Gasteiger partial charge in [0.05, 0.1) is 49.4 Å². The minimum absolute atomic E-state index is 0.0307. The van der Waals surface area contributed by atoms with Crippen molar-refractivity contribution < 1.29 is 56.2 Å². The van der Waals surface area contributed by atoms with E-state index in [2.05, 4.69) is 31.9 Å². The standard InChI is InChI=1S/C46H74N8O12S2/c1-68(62,63)53-20-16-30(27-53)41(57)49-36(42(58)52-46-50-37(28-67-46)29-7-3-2-4-8-29)17-22-64-21-6-11-39(55)48-19-24-66-33-10-5-9-32(26-33)65-23-18-47-31-12-13-34-35(25-31)45(61)54(44(34)60)38-14-15-40(56)51-43(38)59/h29-38,46-47,50H,2-28H2,1H3,(H,48,55)(H,49,57)(H,52,58)(H,51,56,59)/t30?,31?,32?,33?,34?,35?,36-,37?,38?,46?/m0/s1. The molecule has 0 spiro atoms. The quantitative estimate of drug-likeness (QED) is 0.0607. The third kappa shape index (κ3) is 14.7. The minimum Gasteiger partial charge on any atom is -0.381 e. The van der Waals surface area contributed by atoms with Crippen molar-refractivity contribution in [3.8, 4) is 0 Å². The van der Waals surface area contributed by atoms with E-state index in [-0.39, 0.29) is 105 Å². The molecule has 0 aromatic carbocycles. The predicted molar refractivity (Wildman–Crippen MR) is 251 cm³/mol. The molecule has 6 N–H and O–H groups in total. The zero-order valence-electron chi connectivity index (χ0n) is 39.6. The zero-order valence-corrected chi connectivity index (χ0v) is 41.2. The fourth-order valence-corrected chi connectivity index (χ4v) is 13.2. The van der Waals surface area contributed by atoms with Gasteiger partial charge >= 0.3 is 0 Å². The largest absolute Gasteiger partial charge is 0.381 e. The van der Waals surface area contributed by atoms with Crippen LogP contribution < -0.4 is 31.9 Å². The summed E-state index contributed by atoms with van der Waals surface area (Å²) in [4.78, 5) is 91.0. The van der Waals surface area contributed by atoms with Crippen LogP contribution in [0.1, 0.15) is 116 Å². The predicted octanol–water partition coefficient (Wildman–Crippen LogP) is 0.634. The number of thioether (sulfide) groups is 1. The van der Waals surface area contributed by atoms with Crippen LogP contribution in [0.3, 0.4) is 0 Å². The third-order valence-corrected chi connectivity index (χ3v) is 17.3. The highest BCUT2D eigenvalue weighted by molar-refractivity contribution is 8.00. The summed E-state index contributed by atoms with van der Waals surface area (Å²) in [6.45, 7) is 2.69. The van der Waals surface area contributed by atoms with Crippen LogP contribution >= 0.6 is 11.8 Å². The van der Waals surface area contributed by atoms with E-state index < -0.39 is 45.8 Å². The van der Waals surface area contributed by atoms with Gasteiger partial charge in [-0.05, 0) is 89.4 Å². The van der Waals surface area contributed by atoms with Crippen molar-refractivity contribution in [1.82, 2.24) is 41.1 Å². The molecule has 382 valence electrons. The van der Waals surface area contributed by atoms with Crippen LogP contribution in [-0.4, -0.2) is 165 Å². The molecule has 3 saturated carbocycles. The fraction of sp³-hybridized carbons (Fsp3) is 0.848. The number of fused-ring (bicyclic) bond motifs is 1. The zero-order chi connectivity index (χ0) is 48.2. The number of nitrogens with zero attached hydrogens (tertiary/aromatic N) is 2. The summed E-state index contributed by atoms with van der Waals surface area (Å²) in [5.74, 6) is -2.27. The van der Waals surface area contributed by atoms with Crippen molar-refractivity contribution in [3.63, 3.8) is 0 Å². The Morgan fingerprint density at radius 3 is 2.32 bits per heavy atom. The Labute approximate surface area is 404 Å². The monoisotopic (exact) mass is 994 g/mol. The van der Waals surface area contributed by atoms with Crippen LogP contribution in [0.2, 0.25) is 0 Å².